The lowest BCUT2D eigenvalue weighted by atomic mass is 9.59. The number of nitrogens with zero attached hydrogens (tertiary/aromatic N) is 5. The van der Waals surface area contributed by atoms with Crippen molar-refractivity contribution in [2.75, 3.05) is 49.6 Å². The number of benzene rings is 2. The van der Waals surface area contributed by atoms with Crippen LogP contribution < -0.4 is 19.7 Å². The van der Waals surface area contributed by atoms with Gasteiger partial charge in [-0.3, -0.25) is 19.8 Å². The second-order valence-electron chi connectivity index (χ2n) is 19.9. The number of pyridine rings is 2. The predicted molar refractivity (Wildman–Crippen MR) is 248 cm³/mol. The van der Waals surface area contributed by atoms with Crippen LogP contribution in [0.2, 0.25) is 0 Å². The largest absolute Gasteiger partial charge is 0.455 e. The van der Waals surface area contributed by atoms with Gasteiger partial charge in [0.15, 0.2) is 0 Å². The highest BCUT2D eigenvalue weighted by Gasteiger charge is 2.50. The molecule has 15 nitrogen and oxygen atoms in total. The van der Waals surface area contributed by atoms with Gasteiger partial charge in [-0.1, -0.05) is 38.1 Å². The van der Waals surface area contributed by atoms with E-state index in [9.17, 15) is 23.3 Å². The maximum Gasteiger partial charge on any atom is 0.312 e. The van der Waals surface area contributed by atoms with Gasteiger partial charge < -0.3 is 24.7 Å². The van der Waals surface area contributed by atoms with Crippen molar-refractivity contribution in [3.63, 3.8) is 0 Å². The minimum Gasteiger partial charge on any atom is -0.455 e. The first-order chi connectivity index (χ1) is 31.3. The molecular weight excluding hydrogens is 845 g/mol. The number of carbonyl (C=O) groups is 1. The zero-order valence-electron chi connectivity index (χ0n) is 37.1. The van der Waals surface area contributed by atoms with E-state index in [2.05, 4.69) is 72.9 Å². The normalized spacial score (nSPS) is 21.5. The standard InChI is InChI=1S/C49H58N8O7S/c1-48(2)14-11-32(12-15-48)28-51-46-42(57(59)60)25-38(30-53-46)65(61,62)54-47(58)41-10-9-35(24-44(41)64-37-23-34-13-18-50-45(34)52-29-37)55-19-16-49(17-20-55)26-36(27-49)56-21-22-63-31-43(56)40-6-4-3-5-39(40)33-7-8-33/h3-6,9-10,13,18,23-25,29-30,32-33,36,43H,7-8,11-12,14-17,19-22,26-28,31H2,1-2H3,(H,50,52)(H,51,53)(H,54,58)/t43-/m1/s1. The molecule has 5 fully saturated rings. The molecule has 1 spiro atoms. The van der Waals surface area contributed by atoms with E-state index >= 15 is 0 Å². The Hall–Kier alpha value is -5.58. The second kappa shape index (κ2) is 17.3. The Labute approximate surface area is 379 Å². The summed E-state index contributed by atoms with van der Waals surface area (Å²) in [6.45, 7) is 9.09. The van der Waals surface area contributed by atoms with Gasteiger partial charge in [0, 0.05) is 61.6 Å². The third-order valence-electron chi connectivity index (χ3n) is 14.9. The van der Waals surface area contributed by atoms with E-state index in [1.54, 1.807) is 30.6 Å². The summed E-state index contributed by atoms with van der Waals surface area (Å²) >= 11 is 0. The van der Waals surface area contributed by atoms with Crippen LogP contribution in [-0.4, -0.2) is 84.5 Å². The molecule has 3 aromatic heterocycles. The van der Waals surface area contributed by atoms with Gasteiger partial charge in [0.2, 0.25) is 5.82 Å². The van der Waals surface area contributed by atoms with Crippen LogP contribution >= 0.6 is 0 Å². The van der Waals surface area contributed by atoms with Crippen molar-refractivity contribution in [1.82, 2.24) is 24.6 Å². The van der Waals surface area contributed by atoms with E-state index in [0.717, 1.165) is 108 Å². The highest BCUT2D eigenvalue weighted by atomic mass is 32.2. The Morgan fingerprint density at radius 3 is 2.48 bits per heavy atom. The summed E-state index contributed by atoms with van der Waals surface area (Å²) in [4.78, 5) is 41.7. The number of carbonyl (C=O) groups excluding carboxylic acids is 1. The smallest absolute Gasteiger partial charge is 0.312 e. The zero-order valence-corrected chi connectivity index (χ0v) is 37.9. The Morgan fingerprint density at radius 1 is 0.954 bits per heavy atom. The molecule has 342 valence electrons. The molecule has 3 aliphatic carbocycles. The number of sulfonamides is 1. The van der Waals surface area contributed by atoms with Gasteiger partial charge in [-0.25, -0.2) is 23.1 Å². The summed E-state index contributed by atoms with van der Waals surface area (Å²) < 4.78 is 42.0. The Morgan fingerprint density at radius 2 is 1.72 bits per heavy atom. The van der Waals surface area contributed by atoms with Crippen LogP contribution in [0.15, 0.2) is 84.1 Å². The molecule has 0 unspecified atom stereocenters. The maximum absolute atomic E-state index is 14.0. The molecule has 0 radical (unpaired) electrons. The fourth-order valence-corrected chi connectivity index (χ4v) is 11.7. The van der Waals surface area contributed by atoms with Crippen LogP contribution in [0.4, 0.5) is 17.2 Å². The van der Waals surface area contributed by atoms with Gasteiger partial charge in [-0.05, 0) is 122 Å². The molecule has 3 N–H and O–H groups in total. The zero-order chi connectivity index (χ0) is 44.9. The number of H-pyrrole nitrogens is 1. The van der Waals surface area contributed by atoms with E-state index in [0.29, 0.717) is 41.9 Å². The van der Waals surface area contributed by atoms with E-state index in [-0.39, 0.29) is 28.0 Å². The Bertz CT molecular complexity index is 2690. The van der Waals surface area contributed by atoms with Crippen molar-refractivity contribution in [1.29, 1.82) is 0 Å². The van der Waals surface area contributed by atoms with E-state index in [1.807, 2.05) is 12.1 Å². The minimum atomic E-state index is -4.60. The lowest BCUT2D eigenvalue weighted by Gasteiger charge is -2.57. The number of nitro groups is 1. The average Bonchev–Trinajstić information content (AvgIpc) is 4.04. The van der Waals surface area contributed by atoms with Gasteiger partial charge in [0.05, 0.1) is 42.1 Å². The van der Waals surface area contributed by atoms with Crippen LogP contribution in [0.3, 0.4) is 0 Å². The van der Waals surface area contributed by atoms with E-state index in [4.69, 9.17) is 9.47 Å². The quantitative estimate of drug-likeness (QED) is 0.0753. The van der Waals surface area contributed by atoms with Crippen LogP contribution in [-0.2, 0) is 14.8 Å². The van der Waals surface area contributed by atoms with Crippen LogP contribution in [0.1, 0.15) is 112 Å². The van der Waals surface area contributed by atoms with Gasteiger partial charge in [-0.15, -0.1) is 0 Å². The third kappa shape index (κ3) is 9.17. The topological polar surface area (TPSA) is 185 Å². The summed E-state index contributed by atoms with van der Waals surface area (Å²) in [6, 6.07) is 19.5. The lowest BCUT2D eigenvalue weighted by molar-refractivity contribution is -0.384. The van der Waals surface area contributed by atoms with Crippen molar-refractivity contribution in [3.8, 4) is 11.5 Å². The minimum absolute atomic E-state index is 0.0128. The highest BCUT2D eigenvalue weighted by Crippen LogP contribution is 2.54. The molecule has 5 heterocycles. The van der Waals surface area contributed by atoms with Crippen molar-refractivity contribution < 1.29 is 27.6 Å². The van der Waals surface area contributed by atoms with Gasteiger partial charge in [0.25, 0.3) is 15.9 Å². The van der Waals surface area contributed by atoms with Crippen molar-refractivity contribution in [3.05, 3.63) is 106 Å². The maximum atomic E-state index is 14.0. The number of ether oxygens (including phenoxy) is 2. The average molecular weight is 903 g/mol. The molecular formula is C49H58N8O7S. The summed E-state index contributed by atoms with van der Waals surface area (Å²) in [5, 5.41) is 16.0. The molecule has 10 rings (SSSR count). The molecule has 16 heteroatoms. The first-order valence-electron chi connectivity index (χ1n) is 23.2. The monoisotopic (exact) mass is 902 g/mol. The molecule has 1 atom stereocenters. The molecule has 2 saturated heterocycles. The van der Waals surface area contributed by atoms with Crippen LogP contribution in [0.25, 0.3) is 11.0 Å². The van der Waals surface area contributed by atoms with Gasteiger partial charge in [-0.2, -0.15) is 0 Å². The number of nitrogens with one attached hydrogen (secondary N) is 3. The van der Waals surface area contributed by atoms with Crippen molar-refractivity contribution in [2.45, 2.75) is 101 Å². The number of rotatable bonds is 13. The number of piperidine rings is 1. The molecule has 0 bridgehead atoms. The second-order valence-corrected chi connectivity index (χ2v) is 21.6. The van der Waals surface area contributed by atoms with E-state index in [1.165, 1.54) is 24.0 Å². The van der Waals surface area contributed by atoms with Crippen LogP contribution in [0, 0.1) is 26.9 Å². The van der Waals surface area contributed by atoms with Crippen molar-refractivity contribution >= 4 is 44.2 Å². The first kappa shape index (κ1) is 43.3. The van der Waals surface area contributed by atoms with Crippen molar-refractivity contribution in [2.24, 2.45) is 16.7 Å². The predicted octanol–water partition coefficient (Wildman–Crippen LogP) is 9.11. The van der Waals surface area contributed by atoms with Gasteiger partial charge in [0.1, 0.15) is 22.0 Å². The van der Waals surface area contributed by atoms with Gasteiger partial charge >= 0.3 is 5.69 Å². The molecule has 5 aliphatic rings. The molecule has 5 aromatic rings. The molecule has 1 amide bonds. The number of hydrogen-bond acceptors (Lipinski definition) is 12. The number of morpholine rings is 1. The molecule has 2 aliphatic heterocycles. The summed E-state index contributed by atoms with van der Waals surface area (Å²) in [5.41, 5.74) is 4.50. The number of anilines is 2. The fourth-order valence-electron chi connectivity index (χ4n) is 10.8. The number of amides is 1. The molecule has 2 aromatic carbocycles. The Kier molecular flexibility index (Phi) is 11.6. The Balaban J connectivity index is 0.835. The molecule has 3 saturated carbocycles. The highest BCUT2D eigenvalue weighted by molar-refractivity contribution is 7.90. The molecule has 65 heavy (non-hydrogen) atoms. The number of fused-ring (bicyclic) bond motifs is 1. The number of hydrogen-bond donors (Lipinski definition) is 3. The lowest BCUT2D eigenvalue weighted by Crippen LogP contribution is -2.58. The summed E-state index contributed by atoms with van der Waals surface area (Å²) in [6.07, 6.45) is 15.4. The SMILES string of the molecule is CC1(C)CCC(CNc2ncc(S(=O)(=O)NC(=O)c3ccc(N4CCC5(CC4)CC(N4CCOC[C@@H]4c4ccccc4C4CC4)C5)cc3Oc3cnc4[nH]ccc4c3)cc2[N+](=O)[O-])CC1. The number of aromatic amines is 1. The third-order valence-corrected chi connectivity index (χ3v) is 16.2. The fraction of sp³-hybridized carbons (Fsp3) is 0.490. The summed E-state index contributed by atoms with van der Waals surface area (Å²) in [5.74, 6) is 0.563. The number of aromatic nitrogens is 3. The summed E-state index contributed by atoms with van der Waals surface area (Å²) in [7, 11) is -4.60. The first-order valence-corrected chi connectivity index (χ1v) is 24.7. The van der Waals surface area contributed by atoms with E-state index < -0.39 is 31.4 Å². The van der Waals surface area contributed by atoms with Crippen LogP contribution in [0.5, 0.6) is 11.5 Å².